The summed E-state index contributed by atoms with van der Waals surface area (Å²) in [5, 5.41) is 17.1. The third kappa shape index (κ3) is 2.08. The summed E-state index contributed by atoms with van der Waals surface area (Å²) in [6.45, 7) is 0.653. The molecule has 2 N–H and O–H groups in total. The maximum absolute atomic E-state index is 12.0. The van der Waals surface area contributed by atoms with Crippen LogP contribution < -0.4 is 5.32 Å². The number of fused-ring (bicyclic) bond motifs is 1. The number of nitrogens with one attached hydrogen (secondary N) is 1. The van der Waals surface area contributed by atoms with E-state index in [2.05, 4.69) is 15.4 Å². The van der Waals surface area contributed by atoms with Gasteiger partial charge in [0.1, 0.15) is 11.6 Å². The van der Waals surface area contributed by atoms with E-state index in [0.717, 1.165) is 0 Å². The lowest BCUT2D eigenvalue weighted by molar-refractivity contribution is -0.127. The van der Waals surface area contributed by atoms with Gasteiger partial charge in [-0.25, -0.2) is 9.78 Å². The highest BCUT2D eigenvalue weighted by molar-refractivity contribution is 6.04. The first kappa shape index (κ1) is 13.3. The fraction of sp³-hybridized carbons (Fsp3) is 0.385. The number of anilines is 1. The van der Waals surface area contributed by atoms with E-state index in [1.807, 2.05) is 0 Å². The molecule has 3 heterocycles. The molecule has 1 aliphatic rings. The van der Waals surface area contributed by atoms with E-state index in [-0.39, 0.29) is 11.5 Å². The molecule has 0 aromatic carbocycles. The molecular weight excluding hydrogens is 274 g/mol. The Morgan fingerprint density at radius 3 is 2.81 bits per heavy atom. The summed E-state index contributed by atoms with van der Waals surface area (Å²) in [5.74, 6) is -1.13. The number of nitrogens with zero attached hydrogens (tertiary/aromatic N) is 4. The summed E-state index contributed by atoms with van der Waals surface area (Å²) >= 11 is 0. The Labute approximate surface area is 120 Å². The van der Waals surface area contributed by atoms with Crippen molar-refractivity contribution in [3.63, 3.8) is 0 Å². The van der Waals surface area contributed by atoms with E-state index in [4.69, 9.17) is 0 Å². The highest BCUT2D eigenvalue weighted by Gasteiger charge is 2.30. The first-order valence-corrected chi connectivity index (χ1v) is 6.54. The standard InChI is InChI=1S/C13H15N5O3/c1-17-4-3-9(12(17)19)16-10-7-6-15-18(2)11(7)14-5-8(10)13(20)21/h5-6,9H,3-4H2,1-2H3,(H,14,16)(H,20,21). The summed E-state index contributed by atoms with van der Waals surface area (Å²) in [6, 6.07) is -0.418. The zero-order valence-electron chi connectivity index (χ0n) is 11.7. The molecule has 0 aliphatic carbocycles. The van der Waals surface area contributed by atoms with Gasteiger partial charge in [-0.3, -0.25) is 9.48 Å². The molecule has 1 aliphatic heterocycles. The van der Waals surface area contributed by atoms with Crippen LogP contribution in [0.15, 0.2) is 12.4 Å². The fourth-order valence-corrected chi connectivity index (χ4v) is 2.54. The number of pyridine rings is 1. The predicted molar refractivity (Wildman–Crippen MR) is 75.1 cm³/mol. The van der Waals surface area contributed by atoms with E-state index < -0.39 is 12.0 Å². The fourth-order valence-electron chi connectivity index (χ4n) is 2.54. The van der Waals surface area contributed by atoms with Crippen LogP contribution in [-0.2, 0) is 11.8 Å². The summed E-state index contributed by atoms with van der Waals surface area (Å²) < 4.78 is 1.56. The number of rotatable bonds is 3. The molecule has 2 aromatic heterocycles. The van der Waals surface area contributed by atoms with E-state index >= 15 is 0 Å². The highest BCUT2D eigenvalue weighted by atomic mass is 16.4. The van der Waals surface area contributed by atoms with Crippen LogP contribution >= 0.6 is 0 Å². The minimum atomic E-state index is -1.09. The van der Waals surface area contributed by atoms with Crippen molar-refractivity contribution < 1.29 is 14.7 Å². The maximum Gasteiger partial charge on any atom is 0.339 e. The lowest BCUT2D eigenvalue weighted by atomic mass is 10.1. The molecule has 1 amide bonds. The molecular formula is C13H15N5O3. The van der Waals surface area contributed by atoms with Crippen LogP contribution in [0.3, 0.4) is 0 Å². The number of aryl methyl sites for hydroxylation is 1. The minimum Gasteiger partial charge on any atom is -0.478 e. The van der Waals surface area contributed by atoms with Gasteiger partial charge in [-0.1, -0.05) is 0 Å². The number of hydrogen-bond donors (Lipinski definition) is 2. The van der Waals surface area contributed by atoms with Crippen molar-refractivity contribution >= 4 is 28.6 Å². The molecule has 8 nitrogen and oxygen atoms in total. The van der Waals surface area contributed by atoms with Crippen molar-refractivity contribution in [2.75, 3.05) is 18.9 Å². The minimum absolute atomic E-state index is 0.0397. The molecule has 1 saturated heterocycles. The zero-order valence-corrected chi connectivity index (χ0v) is 11.7. The number of carbonyl (C=O) groups is 2. The third-order valence-corrected chi connectivity index (χ3v) is 3.74. The van der Waals surface area contributed by atoms with Crippen LogP contribution in [0, 0.1) is 0 Å². The van der Waals surface area contributed by atoms with Gasteiger partial charge >= 0.3 is 5.97 Å². The first-order chi connectivity index (χ1) is 9.99. The van der Waals surface area contributed by atoms with Gasteiger partial charge in [0, 0.05) is 26.8 Å². The molecule has 1 fully saturated rings. The number of carboxylic acid groups (broad SMARTS) is 1. The van der Waals surface area contributed by atoms with Crippen molar-refractivity contribution in [2.45, 2.75) is 12.5 Å². The summed E-state index contributed by atoms with van der Waals surface area (Å²) in [6.07, 6.45) is 3.48. The van der Waals surface area contributed by atoms with Gasteiger partial charge in [-0.15, -0.1) is 0 Å². The topological polar surface area (TPSA) is 100 Å². The molecule has 3 rings (SSSR count). The largest absolute Gasteiger partial charge is 0.478 e. The van der Waals surface area contributed by atoms with Crippen molar-refractivity contribution in [3.8, 4) is 0 Å². The van der Waals surface area contributed by atoms with Crippen molar-refractivity contribution in [3.05, 3.63) is 18.0 Å². The van der Waals surface area contributed by atoms with Gasteiger partial charge in [-0.05, 0) is 6.42 Å². The van der Waals surface area contributed by atoms with Crippen molar-refractivity contribution in [1.29, 1.82) is 0 Å². The predicted octanol–water partition coefficient (Wildman–Crippen LogP) is 0.309. The molecule has 8 heteroatoms. The molecule has 21 heavy (non-hydrogen) atoms. The van der Waals surface area contributed by atoms with Crippen LogP contribution in [0.2, 0.25) is 0 Å². The zero-order chi connectivity index (χ0) is 15.1. The monoisotopic (exact) mass is 289 g/mol. The Kier molecular flexibility index (Phi) is 3.00. The second-order valence-electron chi connectivity index (χ2n) is 5.10. The van der Waals surface area contributed by atoms with Gasteiger partial charge in [0.25, 0.3) is 0 Å². The normalized spacial score (nSPS) is 18.5. The van der Waals surface area contributed by atoms with Crippen LogP contribution in [0.5, 0.6) is 0 Å². The van der Waals surface area contributed by atoms with Crippen LogP contribution in [0.1, 0.15) is 16.8 Å². The average Bonchev–Trinajstić information content (AvgIpc) is 2.97. The molecule has 1 atom stereocenters. The van der Waals surface area contributed by atoms with E-state index in [9.17, 15) is 14.7 Å². The lowest BCUT2D eigenvalue weighted by Crippen LogP contribution is -2.31. The van der Waals surface area contributed by atoms with Crippen LogP contribution in [0.25, 0.3) is 11.0 Å². The second-order valence-corrected chi connectivity index (χ2v) is 5.10. The Morgan fingerprint density at radius 1 is 1.43 bits per heavy atom. The first-order valence-electron chi connectivity index (χ1n) is 6.54. The average molecular weight is 289 g/mol. The highest BCUT2D eigenvalue weighted by Crippen LogP contribution is 2.28. The smallest absolute Gasteiger partial charge is 0.339 e. The van der Waals surface area contributed by atoms with E-state index in [0.29, 0.717) is 29.7 Å². The number of likely N-dealkylation sites (tertiary alicyclic amines) is 1. The van der Waals surface area contributed by atoms with Crippen LogP contribution in [-0.4, -0.2) is 56.3 Å². The van der Waals surface area contributed by atoms with Crippen molar-refractivity contribution in [1.82, 2.24) is 19.7 Å². The molecule has 0 saturated carbocycles. The Bertz CT molecular complexity index is 739. The number of aromatic nitrogens is 3. The molecule has 1 unspecified atom stereocenters. The Hall–Kier alpha value is -2.64. The Morgan fingerprint density at radius 2 is 2.19 bits per heavy atom. The number of amides is 1. The third-order valence-electron chi connectivity index (χ3n) is 3.74. The van der Waals surface area contributed by atoms with Crippen molar-refractivity contribution in [2.24, 2.45) is 7.05 Å². The number of carboxylic acids is 1. The maximum atomic E-state index is 12.0. The summed E-state index contributed by atoms with van der Waals surface area (Å²) in [7, 11) is 3.46. The lowest BCUT2D eigenvalue weighted by Gasteiger charge is -2.16. The van der Waals surface area contributed by atoms with Gasteiger partial charge in [-0.2, -0.15) is 5.10 Å². The SMILES string of the molecule is CN1CCC(Nc2c(C(=O)O)cnc3c2cnn3C)C1=O. The number of carbonyl (C=O) groups excluding carboxylic acids is 1. The number of aromatic carboxylic acids is 1. The summed E-state index contributed by atoms with van der Waals surface area (Å²) in [4.78, 5) is 29.1. The second kappa shape index (κ2) is 4.72. The van der Waals surface area contributed by atoms with E-state index in [1.165, 1.54) is 6.20 Å². The van der Waals surface area contributed by atoms with Gasteiger partial charge in [0.2, 0.25) is 5.91 Å². The van der Waals surface area contributed by atoms with Gasteiger partial charge in [0.15, 0.2) is 5.65 Å². The molecule has 110 valence electrons. The van der Waals surface area contributed by atoms with Crippen LogP contribution in [0.4, 0.5) is 5.69 Å². The molecule has 0 bridgehead atoms. The van der Waals surface area contributed by atoms with Gasteiger partial charge in [0.05, 0.1) is 17.3 Å². The molecule has 0 spiro atoms. The molecule has 0 radical (unpaired) electrons. The number of hydrogen-bond acceptors (Lipinski definition) is 5. The quantitative estimate of drug-likeness (QED) is 0.843. The summed E-state index contributed by atoms with van der Waals surface area (Å²) in [5.41, 5.74) is 1.01. The Balaban J connectivity index is 2.08. The van der Waals surface area contributed by atoms with Gasteiger partial charge < -0.3 is 15.3 Å². The van der Waals surface area contributed by atoms with E-state index in [1.54, 1.807) is 29.9 Å². The number of likely N-dealkylation sites (N-methyl/N-ethyl adjacent to an activating group) is 1. The molecule has 2 aromatic rings.